The average Bonchev–Trinajstić information content (AvgIpc) is 3.16. The van der Waals surface area contributed by atoms with E-state index in [0.717, 1.165) is 12.1 Å². The molecule has 3 rings (SSSR count). The average molecular weight is 522 g/mol. The number of nitrogens with two attached hydrogens (primary N) is 1. The van der Waals surface area contributed by atoms with Gasteiger partial charge >= 0.3 is 6.18 Å². The maximum Gasteiger partial charge on any atom is 0.417 e. The maximum atomic E-state index is 13.0. The summed E-state index contributed by atoms with van der Waals surface area (Å²) in [5, 5.41) is 12.1. The van der Waals surface area contributed by atoms with Crippen LogP contribution in [0, 0.1) is 0 Å². The molecule has 34 heavy (non-hydrogen) atoms. The minimum Gasteiger partial charge on any atom is -0.382 e. The predicted octanol–water partition coefficient (Wildman–Crippen LogP) is 3.66. The van der Waals surface area contributed by atoms with Gasteiger partial charge in [0.2, 0.25) is 12.4 Å². The molecule has 1 atom stereocenters. The molecule has 0 amide bonds. The summed E-state index contributed by atoms with van der Waals surface area (Å²) in [6, 6.07) is 1.92. The number of ether oxygens (including phenoxy) is 1. The van der Waals surface area contributed by atoms with E-state index in [-0.39, 0.29) is 23.7 Å². The lowest BCUT2D eigenvalue weighted by Crippen LogP contribution is -2.31. The summed E-state index contributed by atoms with van der Waals surface area (Å²) in [4.78, 5) is 14.7. The molecule has 2 aromatic heterocycles. The number of alkyl halides is 3. The molecular weight excluding hydrogens is 498 g/mol. The number of aliphatic hydroxyl groups excluding tert-OH is 1. The Morgan fingerprint density at radius 3 is 2.65 bits per heavy atom. The molecule has 14 heteroatoms. The van der Waals surface area contributed by atoms with Gasteiger partial charge in [-0.25, -0.2) is 4.98 Å². The first-order valence-corrected chi connectivity index (χ1v) is 11.0. The van der Waals surface area contributed by atoms with Crippen LogP contribution >= 0.6 is 23.2 Å². The molecule has 1 unspecified atom stereocenters. The van der Waals surface area contributed by atoms with Crippen LogP contribution in [0.15, 0.2) is 18.5 Å². The maximum absolute atomic E-state index is 13.0. The van der Waals surface area contributed by atoms with Gasteiger partial charge in [-0.3, -0.25) is 5.32 Å². The van der Waals surface area contributed by atoms with Crippen LogP contribution in [0.4, 0.5) is 24.9 Å². The van der Waals surface area contributed by atoms with Crippen molar-refractivity contribution < 1.29 is 23.0 Å². The van der Waals surface area contributed by atoms with Crippen LogP contribution in [0.25, 0.3) is 11.2 Å². The molecule has 2 heterocycles. The van der Waals surface area contributed by atoms with Gasteiger partial charge in [0, 0.05) is 37.8 Å². The first-order valence-electron chi connectivity index (χ1n) is 10.2. The second-order valence-corrected chi connectivity index (χ2v) is 8.40. The van der Waals surface area contributed by atoms with Crippen LogP contribution < -0.4 is 16.0 Å². The van der Waals surface area contributed by atoms with Crippen molar-refractivity contribution in [1.82, 2.24) is 24.8 Å². The summed E-state index contributed by atoms with van der Waals surface area (Å²) in [6.07, 6.45) is -3.12. The molecular formula is C20H24Cl2F3N7O2. The number of fused-ring (bicyclic) bond motifs is 1. The molecule has 0 saturated carbocycles. The van der Waals surface area contributed by atoms with Gasteiger partial charge in [-0.15, -0.1) is 0 Å². The van der Waals surface area contributed by atoms with E-state index in [9.17, 15) is 18.3 Å². The van der Waals surface area contributed by atoms with E-state index in [1.54, 1.807) is 11.2 Å². The number of halogens is 5. The Morgan fingerprint density at radius 2 is 1.97 bits per heavy atom. The summed E-state index contributed by atoms with van der Waals surface area (Å²) >= 11 is 11.8. The third-order valence-electron chi connectivity index (χ3n) is 4.89. The molecule has 9 nitrogen and oxygen atoms in total. The molecule has 0 fully saturated rings. The number of nitrogen functional groups attached to an aromatic ring is 1. The molecule has 0 aliphatic heterocycles. The third-order valence-corrected chi connectivity index (χ3v) is 5.68. The van der Waals surface area contributed by atoms with E-state index >= 15 is 0 Å². The summed E-state index contributed by atoms with van der Waals surface area (Å²) in [5.74, 6) is 0.774. The van der Waals surface area contributed by atoms with Crippen molar-refractivity contribution in [3.05, 3.63) is 39.6 Å². The van der Waals surface area contributed by atoms with Crippen LogP contribution in [0.3, 0.4) is 0 Å². The van der Waals surface area contributed by atoms with Crippen LogP contribution in [0.2, 0.25) is 10.0 Å². The summed E-state index contributed by atoms with van der Waals surface area (Å²) in [7, 11) is 3.62. The SMILES string of the molecule is CN(C)c1nc(N)c2ncn(CCCCOC(O)NCc3c(Cl)ccc(C(F)(F)F)c3Cl)c2n1. The second kappa shape index (κ2) is 10.9. The predicted molar refractivity (Wildman–Crippen MR) is 124 cm³/mol. The fourth-order valence-corrected chi connectivity index (χ4v) is 3.74. The Labute approximate surface area is 203 Å². The fourth-order valence-electron chi connectivity index (χ4n) is 3.12. The van der Waals surface area contributed by atoms with Gasteiger partial charge in [0.05, 0.1) is 23.5 Å². The van der Waals surface area contributed by atoms with Crippen LogP contribution in [0.1, 0.15) is 24.0 Å². The van der Waals surface area contributed by atoms with Crippen LogP contribution in [0.5, 0.6) is 0 Å². The lowest BCUT2D eigenvalue weighted by atomic mass is 10.1. The largest absolute Gasteiger partial charge is 0.417 e. The minimum atomic E-state index is -4.61. The zero-order valence-corrected chi connectivity index (χ0v) is 19.9. The minimum absolute atomic E-state index is 0.0196. The normalized spacial score (nSPS) is 12.9. The molecule has 0 aliphatic rings. The number of anilines is 2. The number of imidazole rings is 1. The van der Waals surface area contributed by atoms with Gasteiger partial charge in [0.25, 0.3) is 0 Å². The number of aromatic nitrogens is 4. The second-order valence-electron chi connectivity index (χ2n) is 7.61. The van der Waals surface area contributed by atoms with E-state index in [0.29, 0.717) is 42.3 Å². The number of benzene rings is 1. The molecule has 0 spiro atoms. The Hall–Kier alpha value is -2.38. The molecule has 0 saturated heterocycles. The third kappa shape index (κ3) is 6.19. The standard InChI is InChI=1S/C20H24Cl2F3N7O2/c1-31(2)18-29-16(26)15-17(30-18)32(10-28-15)7-3-4-8-34-19(33)27-9-11-13(21)6-5-12(14(11)22)20(23,24)25/h5-6,10,19,27,33H,3-4,7-9H2,1-2H3,(H2,26,29,30). The van der Waals surface area contributed by atoms with Crippen LogP contribution in [-0.4, -0.2) is 51.7 Å². The highest BCUT2D eigenvalue weighted by Gasteiger charge is 2.34. The molecule has 0 bridgehead atoms. The Bertz CT molecular complexity index is 1140. The molecule has 4 N–H and O–H groups in total. The van der Waals surface area contributed by atoms with Crippen molar-refractivity contribution in [3.63, 3.8) is 0 Å². The van der Waals surface area contributed by atoms with Gasteiger partial charge in [-0.2, -0.15) is 23.1 Å². The van der Waals surface area contributed by atoms with E-state index < -0.39 is 23.2 Å². The molecule has 3 aromatic rings. The lowest BCUT2D eigenvalue weighted by Gasteiger charge is -2.17. The molecule has 0 radical (unpaired) electrons. The van der Waals surface area contributed by atoms with Crippen molar-refractivity contribution in [2.24, 2.45) is 0 Å². The number of hydrogen-bond donors (Lipinski definition) is 3. The number of aryl methyl sites for hydroxylation is 1. The van der Waals surface area contributed by atoms with Gasteiger partial charge in [0.15, 0.2) is 11.5 Å². The number of rotatable bonds is 10. The Morgan fingerprint density at radius 1 is 1.24 bits per heavy atom. The van der Waals surface area contributed by atoms with Crippen molar-refractivity contribution in [3.8, 4) is 0 Å². The molecule has 0 aliphatic carbocycles. The van der Waals surface area contributed by atoms with Gasteiger partial charge in [0.1, 0.15) is 5.52 Å². The number of nitrogens with one attached hydrogen (secondary N) is 1. The van der Waals surface area contributed by atoms with Crippen molar-refractivity contribution in [2.45, 2.75) is 38.5 Å². The van der Waals surface area contributed by atoms with E-state index in [1.165, 1.54) is 0 Å². The smallest absolute Gasteiger partial charge is 0.382 e. The Kier molecular flexibility index (Phi) is 8.42. The number of aliphatic hydroxyl groups is 1. The molecule has 186 valence electrons. The Balaban J connectivity index is 1.48. The molecule has 1 aromatic carbocycles. The number of unbranched alkanes of at least 4 members (excludes halogenated alkanes) is 1. The summed E-state index contributed by atoms with van der Waals surface area (Å²) in [5.41, 5.74) is 6.12. The fraction of sp³-hybridized carbons (Fsp3) is 0.450. The monoisotopic (exact) mass is 521 g/mol. The number of nitrogens with zero attached hydrogens (tertiary/aromatic N) is 5. The quantitative estimate of drug-likeness (QED) is 0.273. The number of hydrogen-bond acceptors (Lipinski definition) is 8. The first-order chi connectivity index (χ1) is 16.0. The first kappa shape index (κ1) is 26.2. The zero-order chi connectivity index (χ0) is 25.0. The van der Waals surface area contributed by atoms with Crippen LogP contribution in [-0.2, 0) is 24.0 Å². The van der Waals surface area contributed by atoms with E-state index in [2.05, 4.69) is 20.3 Å². The summed E-state index contributed by atoms with van der Waals surface area (Å²) in [6.45, 7) is 0.576. The zero-order valence-electron chi connectivity index (χ0n) is 18.4. The van der Waals surface area contributed by atoms with E-state index in [1.807, 2.05) is 18.7 Å². The van der Waals surface area contributed by atoms with Gasteiger partial charge in [-0.1, -0.05) is 23.2 Å². The highest BCUT2D eigenvalue weighted by molar-refractivity contribution is 6.36. The van der Waals surface area contributed by atoms with Gasteiger partial charge < -0.3 is 25.0 Å². The highest BCUT2D eigenvalue weighted by Crippen LogP contribution is 2.38. The van der Waals surface area contributed by atoms with E-state index in [4.69, 9.17) is 33.7 Å². The van der Waals surface area contributed by atoms with Crippen molar-refractivity contribution >= 4 is 46.1 Å². The highest BCUT2D eigenvalue weighted by atomic mass is 35.5. The lowest BCUT2D eigenvalue weighted by molar-refractivity contribution is -0.137. The summed E-state index contributed by atoms with van der Waals surface area (Å²) < 4.78 is 46.2. The van der Waals surface area contributed by atoms with Gasteiger partial charge in [-0.05, 0) is 25.0 Å². The van der Waals surface area contributed by atoms with Crippen molar-refractivity contribution in [1.29, 1.82) is 0 Å². The van der Waals surface area contributed by atoms with Crippen molar-refractivity contribution in [2.75, 3.05) is 31.3 Å². The topological polar surface area (TPSA) is 114 Å².